The fraction of sp³-hybridized carbons (Fsp3) is 0.812. The van der Waals surface area contributed by atoms with Gasteiger partial charge in [-0.05, 0) is 54.4 Å². The van der Waals surface area contributed by atoms with Crippen LogP contribution in [0.15, 0.2) is 0 Å². The van der Waals surface area contributed by atoms with Crippen molar-refractivity contribution in [2.24, 2.45) is 0 Å². The van der Waals surface area contributed by atoms with E-state index >= 15 is 0 Å². The van der Waals surface area contributed by atoms with E-state index in [0.29, 0.717) is 6.42 Å². The Bertz CT molecular complexity index is 441. The first-order chi connectivity index (χ1) is 10.8. The van der Waals surface area contributed by atoms with E-state index in [1.54, 1.807) is 41.5 Å². The molecule has 24 heavy (non-hydrogen) atoms. The van der Waals surface area contributed by atoms with Crippen molar-refractivity contribution in [2.75, 3.05) is 13.2 Å². The van der Waals surface area contributed by atoms with Crippen LogP contribution in [0, 0.1) is 0 Å². The maximum atomic E-state index is 12.2. The van der Waals surface area contributed by atoms with Gasteiger partial charge in [-0.1, -0.05) is 0 Å². The minimum atomic E-state index is -1.09. The summed E-state index contributed by atoms with van der Waals surface area (Å²) in [6.07, 6.45) is -0.141. The molecule has 0 fully saturated rings. The summed E-state index contributed by atoms with van der Waals surface area (Å²) in [4.78, 5) is 34.9. The monoisotopic (exact) mass is 348 g/mol. The molecule has 2 N–H and O–H groups in total. The lowest BCUT2D eigenvalue weighted by Crippen LogP contribution is -2.46. The fourth-order valence-electron chi connectivity index (χ4n) is 1.65. The van der Waals surface area contributed by atoms with E-state index in [9.17, 15) is 18.8 Å². The van der Waals surface area contributed by atoms with Crippen molar-refractivity contribution >= 4 is 18.0 Å². The standard InChI is InChI=1S/C16H29FN2O5/c1-15(2,3)23-13(21)11(8-7-9-18-12(20)10-17)19-14(22)24-16(4,5)6/h11H,7-10H2,1-6H3,(H,18,20)(H,19,22). The molecule has 8 heteroatoms. The third-order valence-electron chi connectivity index (χ3n) is 2.50. The maximum absolute atomic E-state index is 12.2. The highest BCUT2D eigenvalue weighted by Gasteiger charge is 2.28. The number of rotatable bonds is 7. The SMILES string of the molecule is CC(C)(C)OC(=O)NC(CCCNC(=O)CF)C(=O)OC(C)(C)C. The van der Waals surface area contributed by atoms with Gasteiger partial charge >= 0.3 is 12.1 Å². The van der Waals surface area contributed by atoms with Crippen LogP contribution in [0.4, 0.5) is 9.18 Å². The summed E-state index contributed by atoms with van der Waals surface area (Å²) in [5.41, 5.74) is -1.40. The third-order valence-corrected chi connectivity index (χ3v) is 2.50. The summed E-state index contributed by atoms with van der Waals surface area (Å²) in [5, 5.41) is 4.83. The number of hydrogen-bond acceptors (Lipinski definition) is 5. The topological polar surface area (TPSA) is 93.7 Å². The quantitative estimate of drug-likeness (QED) is 0.543. The van der Waals surface area contributed by atoms with Crippen LogP contribution >= 0.6 is 0 Å². The zero-order valence-corrected chi connectivity index (χ0v) is 15.3. The van der Waals surface area contributed by atoms with Crippen LogP contribution in [0.5, 0.6) is 0 Å². The van der Waals surface area contributed by atoms with Crippen molar-refractivity contribution in [3.8, 4) is 0 Å². The van der Waals surface area contributed by atoms with Crippen molar-refractivity contribution in [1.82, 2.24) is 10.6 Å². The molecular formula is C16H29FN2O5. The normalized spacial score (nSPS) is 13.0. The second-order valence-electron chi connectivity index (χ2n) is 7.36. The lowest BCUT2D eigenvalue weighted by atomic mass is 10.1. The highest BCUT2D eigenvalue weighted by Crippen LogP contribution is 2.12. The summed E-state index contributed by atoms with van der Waals surface area (Å²) in [6.45, 7) is 9.39. The van der Waals surface area contributed by atoms with Crippen LogP contribution in [-0.4, -0.2) is 48.4 Å². The average Bonchev–Trinajstić information content (AvgIpc) is 2.37. The van der Waals surface area contributed by atoms with Crippen molar-refractivity contribution < 1.29 is 28.2 Å². The summed E-state index contributed by atoms with van der Waals surface area (Å²) >= 11 is 0. The van der Waals surface area contributed by atoms with Gasteiger partial charge in [0.1, 0.15) is 17.2 Å². The van der Waals surface area contributed by atoms with Gasteiger partial charge in [-0.3, -0.25) is 4.79 Å². The zero-order valence-electron chi connectivity index (χ0n) is 15.3. The van der Waals surface area contributed by atoms with E-state index in [2.05, 4.69) is 10.6 Å². The highest BCUT2D eigenvalue weighted by atomic mass is 19.1. The van der Waals surface area contributed by atoms with Crippen LogP contribution in [0.1, 0.15) is 54.4 Å². The molecule has 0 aromatic heterocycles. The van der Waals surface area contributed by atoms with Gasteiger partial charge in [-0.2, -0.15) is 0 Å². The molecule has 0 radical (unpaired) electrons. The number of carbonyl (C=O) groups excluding carboxylic acids is 3. The summed E-state index contributed by atoms with van der Waals surface area (Å²) in [5.74, 6) is -1.31. The Morgan fingerprint density at radius 2 is 1.54 bits per heavy atom. The van der Waals surface area contributed by atoms with E-state index in [1.807, 2.05) is 0 Å². The van der Waals surface area contributed by atoms with Gasteiger partial charge < -0.3 is 20.1 Å². The molecule has 0 aromatic rings. The van der Waals surface area contributed by atoms with Gasteiger partial charge in [0.25, 0.3) is 5.91 Å². The molecule has 1 atom stereocenters. The molecule has 2 amide bonds. The first kappa shape index (κ1) is 22.1. The zero-order chi connectivity index (χ0) is 19.0. The molecule has 0 spiro atoms. The van der Waals surface area contributed by atoms with E-state index in [-0.39, 0.29) is 13.0 Å². The number of alkyl carbamates (subject to hydrolysis) is 1. The van der Waals surface area contributed by atoms with Crippen molar-refractivity contribution in [3.05, 3.63) is 0 Å². The number of carbonyl (C=O) groups is 3. The smallest absolute Gasteiger partial charge is 0.408 e. The van der Waals surface area contributed by atoms with Crippen LogP contribution in [0.3, 0.4) is 0 Å². The minimum Gasteiger partial charge on any atom is -0.458 e. The lowest BCUT2D eigenvalue weighted by Gasteiger charge is -2.26. The Balaban J connectivity index is 4.68. The molecule has 0 aliphatic rings. The molecule has 0 aromatic carbocycles. The first-order valence-electron chi connectivity index (χ1n) is 7.89. The third kappa shape index (κ3) is 11.7. The number of amides is 2. The van der Waals surface area contributed by atoms with Crippen LogP contribution in [-0.2, 0) is 19.1 Å². The predicted molar refractivity (Wildman–Crippen MR) is 87.2 cm³/mol. The molecule has 7 nitrogen and oxygen atoms in total. The highest BCUT2D eigenvalue weighted by molar-refractivity contribution is 5.81. The Morgan fingerprint density at radius 3 is 2.00 bits per heavy atom. The summed E-state index contributed by atoms with van der Waals surface area (Å²) in [7, 11) is 0. The van der Waals surface area contributed by atoms with Crippen molar-refractivity contribution in [1.29, 1.82) is 0 Å². The van der Waals surface area contributed by atoms with Crippen LogP contribution in [0.25, 0.3) is 0 Å². The number of hydrogen-bond donors (Lipinski definition) is 2. The number of esters is 1. The minimum absolute atomic E-state index is 0.193. The van der Waals surface area contributed by atoms with Gasteiger partial charge in [-0.25, -0.2) is 14.0 Å². The van der Waals surface area contributed by atoms with Gasteiger partial charge in [-0.15, -0.1) is 0 Å². The van der Waals surface area contributed by atoms with Crippen LogP contribution in [0.2, 0.25) is 0 Å². The Morgan fingerprint density at radius 1 is 1.00 bits per heavy atom. The number of alkyl halides is 1. The van der Waals surface area contributed by atoms with Gasteiger partial charge in [0.2, 0.25) is 0 Å². The van der Waals surface area contributed by atoms with E-state index < -0.39 is 41.9 Å². The van der Waals surface area contributed by atoms with E-state index in [4.69, 9.17) is 9.47 Å². The molecule has 0 bridgehead atoms. The average molecular weight is 348 g/mol. The number of ether oxygens (including phenoxy) is 2. The van der Waals surface area contributed by atoms with Gasteiger partial charge in [0, 0.05) is 6.54 Å². The first-order valence-corrected chi connectivity index (χ1v) is 7.89. The molecule has 0 heterocycles. The molecule has 0 aliphatic carbocycles. The lowest BCUT2D eigenvalue weighted by molar-refractivity contribution is -0.157. The second-order valence-corrected chi connectivity index (χ2v) is 7.36. The van der Waals surface area contributed by atoms with Gasteiger partial charge in [0.05, 0.1) is 0 Å². The molecule has 0 aliphatic heterocycles. The Kier molecular flexibility index (Phi) is 8.71. The van der Waals surface area contributed by atoms with Crippen molar-refractivity contribution in [3.63, 3.8) is 0 Å². The Labute approximate surface area is 142 Å². The van der Waals surface area contributed by atoms with E-state index in [1.165, 1.54) is 0 Å². The largest absolute Gasteiger partial charge is 0.458 e. The number of nitrogens with one attached hydrogen (secondary N) is 2. The van der Waals surface area contributed by atoms with E-state index in [0.717, 1.165) is 0 Å². The molecule has 0 rings (SSSR count). The molecule has 0 saturated heterocycles. The number of halogens is 1. The molecule has 1 unspecified atom stereocenters. The fourth-order valence-corrected chi connectivity index (χ4v) is 1.65. The Hall–Kier alpha value is -1.86. The summed E-state index contributed by atoms with van der Waals surface area (Å²) < 4.78 is 22.5. The van der Waals surface area contributed by atoms with Crippen LogP contribution < -0.4 is 10.6 Å². The molecular weight excluding hydrogens is 319 g/mol. The molecule has 0 saturated carbocycles. The maximum Gasteiger partial charge on any atom is 0.408 e. The second kappa shape index (κ2) is 9.44. The predicted octanol–water partition coefficient (Wildman–Crippen LogP) is 2.09. The van der Waals surface area contributed by atoms with Gasteiger partial charge in [0.15, 0.2) is 6.67 Å². The van der Waals surface area contributed by atoms with Crippen molar-refractivity contribution in [2.45, 2.75) is 71.6 Å². The summed E-state index contributed by atoms with van der Waals surface area (Å²) in [6, 6.07) is -0.915. The molecule has 140 valence electrons.